The summed E-state index contributed by atoms with van der Waals surface area (Å²) in [6.07, 6.45) is 4.35. The molecule has 0 atom stereocenters. The molecule has 2 aromatic rings. The van der Waals surface area contributed by atoms with Crippen LogP contribution in [0.4, 0.5) is 11.5 Å². The van der Waals surface area contributed by atoms with Gasteiger partial charge in [-0.1, -0.05) is 23.7 Å². The van der Waals surface area contributed by atoms with Crippen LogP contribution in [0.2, 0.25) is 5.02 Å². The average molecular weight is 385 g/mol. The number of aryl methyl sites for hydroxylation is 1. The van der Waals surface area contributed by atoms with Gasteiger partial charge in [0.05, 0.1) is 5.02 Å². The smallest absolute Gasteiger partial charge is 0.251 e. The van der Waals surface area contributed by atoms with Crippen LogP contribution in [0.3, 0.4) is 0 Å². The molecule has 0 saturated carbocycles. The Kier molecular flexibility index (Phi) is 6.14. The molecule has 0 bridgehead atoms. The van der Waals surface area contributed by atoms with Crippen molar-refractivity contribution in [2.45, 2.75) is 19.9 Å². The summed E-state index contributed by atoms with van der Waals surface area (Å²) in [7, 11) is 4.08. The van der Waals surface area contributed by atoms with Crippen LogP contribution < -0.4 is 10.2 Å². The van der Waals surface area contributed by atoms with Gasteiger partial charge in [0.1, 0.15) is 5.82 Å². The summed E-state index contributed by atoms with van der Waals surface area (Å²) in [6, 6.07) is 9.70. The number of carbonyl (C=O) groups excluding carboxylic acids is 1. The molecule has 1 aromatic carbocycles. The van der Waals surface area contributed by atoms with E-state index in [1.54, 1.807) is 6.20 Å². The lowest BCUT2D eigenvalue weighted by atomic mass is 10.1. The van der Waals surface area contributed by atoms with E-state index in [1.165, 1.54) is 11.1 Å². The minimum Gasteiger partial charge on any atom is -0.351 e. The largest absolute Gasteiger partial charge is 0.351 e. The number of halogens is 1. The molecule has 5 nitrogen and oxygen atoms in total. The minimum absolute atomic E-state index is 0.0403. The number of amides is 1. The van der Waals surface area contributed by atoms with Crippen molar-refractivity contribution in [3.8, 4) is 0 Å². The molecule has 0 saturated heterocycles. The van der Waals surface area contributed by atoms with E-state index in [9.17, 15) is 4.79 Å². The Bertz CT molecular complexity index is 863. The molecule has 0 radical (unpaired) electrons. The molecule has 0 aliphatic carbocycles. The van der Waals surface area contributed by atoms with E-state index in [1.807, 2.05) is 38.4 Å². The van der Waals surface area contributed by atoms with Crippen LogP contribution in [0.15, 0.2) is 48.2 Å². The first-order chi connectivity index (χ1) is 12.9. The van der Waals surface area contributed by atoms with Crippen molar-refractivity contribution < 1.29 is 4.79 Å². The molecule has 6 heteroatoms. The number of aromatic nitrogens is 1. The third-order valence-electron chi connectivity index (χ3n) is 4.63. The molecule has 0 unspecified atom stereocenters. The topological polar surface area (TPSA) is 48.5 Å². The molecule has 1 aliphatic rings. The number of hydrogen-bond donors (Lipinski definition) is 1. The Morgan fingerprint density at radius 1 is 1.33 bits per heavy atom. The molecule has 27 heavy (non-hydrogen) atoms. The number of pyridine rings is 1. The van der Waals surface area contributed by atoms with E-state index in [-0.39, 0.29) is 5.91 Å². The van der Waals surface area contributed by atoms with E-state index in [4.69, 9.17) is 11.6 Å². The SMILES string of the molecule is Cc1ccc(NC(=O)C2=CCN(c3ncccc3Cl)CC2)cc1CN(C)C. The number of hydrogen-bond acceptors (Lipinski definition) is 4. The van der Waals surface area contributed by atoms with Crippen molar-refractivity contribution in [3.05, 3.63) is 64.3 Å². The molecule has 2 heterocycles. The number of benzene rings is 1. The first-order valence-corrected chi connectivity index (χ1v) is 9.42. The summed E-state index contributed by atoms with van der Waals surface area (Å²) >= 11 is 6.22. The Hall–Kier alpha value is -2.37. The summed E-state index contributed by atoms with van der Waals surface area (Å²) in [4.78, 5) is 21.2. The van der Waals surface area contributed by atoms with Crippen molar-refractivity contribution in [1.29, 1.82) is 0 Å². The van der Waals surface area contributed by atoms with Crippen LogP contribution in [-0.4, -0.2) is 43.0 Å². The molecule has 142 valence electrons. The molecular formula is C21H25ClN4O. The zero-order chi connectivity index (χ0) is 19.4. The second-order valence-corrected chi connectivity index (χ2v) is 7.47. The van der Waals surface area contributed by atoms with Crippen LogP contribution in [0, 0.1) is 6.92 Å². The lowest BCUT2D eigenvalue weighted by Gasteiger charge is -2.27. The second-order valence-electron chi connectivity index (χ2n) is 7.07. The zero-order valence-electron chi connectivity index (χ0n) is 16.0. The molecule has 1 amide bonds. The maximum Gasteiger partial charge on any atom is 0.251 e. The fourth-order valence-electron chi connectivity index (χ4n) is 3.15. The van der Waals surface area contributed by atoms with Crippen molar-refractivity contribution in [1.82, 2.24) is 9.88 Å². The van der Waals surface area contributed by atoms with Gasteiger partial charge in [-0.05, 0) is 62.8 Å². The third kappa shape index (κ3) is 4.87. The molecule has 0 spiro atoms. The van der Waals surface area contributed by atoms with E-state index < -0.39 is 0 Å². The lowest BCUT2D eigenvalue weighted by molar-refractivity contribution is -0.113. The molecule has 3 rings (SSSR count). The van der Waals surface area contributed by atoms with E-state index >= 15 is 0 Å². The summed E-state index contributed by atoms with van der Waals surface area (Å²) in [5, 5.41) is 3.66. The average Bonchev–Trinajstić information content (AvgIpc) is 2.64. The maximum absolute atomic E-state index is 12.6. The minimum atomic E-state index is -0.0403. The fourth-order valence-corrected chi connectivity index (χ4v) is 3.39. The van der Waals surface area contributed by atoms with Gasteiger partial charge in [0.2, 0.25) is 0 Å². The van der Waals surface area contributed by atoms with Gasteiger partial charge in [-0.15, -0.1) is 0 Å². The van der Waals surface area contributed by atoms with Crippen molar-refractivity contribution >= 4 is 29.0 Å². The van der Waals surface area contributed by atoms with Crippen molar-refractivity contribution in [2.75, 3.05) is 37.4 Å². The van der Waals surface area contributed by atoms with Gasteiger partial charge in [0.15, 0.2) is 0 Å². The lowest BCUT2D eigenvalue weighted by Crippen LogP contribution is -2.32. The van der Waals surface area contributed by atoms with Crippen molar-refractivity contribution in [3.63, 3.8) is 0 Å². The summed E-state index contributed by atoms with van der Waals surface area (Å²) in [5.41, 5.74) is 4.07. The highest BCUT2D eigenvalue weighted by atomic mass is 35.5. The number of rotatable bonds is 5. The van der Waals surface area contributed by atoms with Gasteiger partial charge in [-0.2, -0.15) is 0 Å². The van der Waals surface area contributed by atoms with E-state index in [2.05, 4.69) is 39.2 Å². The third-order valence-corrected chi connectivity index (χ3v) is 4.93. The Morgan fingerprint density at radius 2 is 2.15 bits per heavy atom. The molecule has 1 aliphatic heterocycles. The van der Waals surface area contributed by atoms with Gasteiger partial charge in [-0.25, -0.2) is 4.98 Å². The summed E-state index contributed by atoms with van der Waals surface area (Å²) in [6.45, 7) is 4.28. The van der Waals surface area contributed by atoms with E-state index in [0.717, 1.165) is 30.2 Å². The molecular weight excluding hydrogens is 360 g/mol. The monoisotopic (exact) mass is 384 g/mol. The van der Waals surface area contributed by atoms with Gasteiger partial charge < -0.3 is 15.1 Å². The van der Waals surface area contributed by atoms with Crippen LogP contribution in [0.5, 0.6) is 0 Å². The normalized spacial score (nSPS) is 14.3. The standard InChI is InChI=1S/C21H25ClN4O/c1-15-6-7-18(13-17(15)14-25(2)3)24-21(27)16-8-11-26(12-9-16)20-19(22)5-4-10-23-20/h4-8,10,13H,9,11-12,14H2,1-3H3,(H,24,27). The highest BCUT2D eigenvalue weighted by Gasteiger charge is 2.19. The highest BCUT2D eigenvalue weighted by Crippen LogP contribution is 2.25. The van der Waals surface area contributed by atoms with Gasteiger partial charge in [-0.3, -0.25) is 4.79 Å². The van der Waals surface area contributed by atoms with Gasteiger partial charge >= 0.3 is 0 Å². The Morgan fingerprint density at radius 3 is 2.81 bits per heavy atom. The quantitative estimate of drug-likeness (QED) is 0.849. The number of nitrogens with zero attached hydrogens (tertiary/aromatic N) is 3. The number of carbonyl (C=O) groups is 1. The van der Waals surface area contributed by atoms with Gasteiger partial charge in [0, 0.05) is 37.1 Å². The zero-order valence-corrected chi connectivity index (χ0v) is 16.8. The predicted molar refractivity (Wildman–Crippen MR) is 111 cm³/mol. The van der Waals surface area contributed by atoms with Crippen LogP contribution in [-0.2, 0) is 11.3 Å². The first-order valence-electron chi connectivity index (χ1n) is 9.04. The highest BCUT2D eigenvalue weighted by molar-refractivity contribution is 6.32. The number of nitrogens with one attached hydrogen (secondary N) is 1. The summed E-state index contributed by atoms with van der Waals surface area (Å²) < 4.78 is 0. The Balaban J connectivity index is 1.66. The summed E-state index contributed by atoms with van der Waals surface area (Å²) in [5.74, 6) is 0.725. The van der Waals surface area contributed by atoms with Crippen molar-refractivity contribution in [2.24, 2.45) is 0 Å². The fraction of sp³-hybridized carbons (Fsp3) is 0.333. The predicted octanol–water partition coefficient (Wildman–Crippen LogP) is 3.88. The van der Waals surface area contributed by atoms with Crippen LogP contribution >= 0.6 is 11.6 Å². The molecule has 0 fully saturated rings. The molecule has 1 N–H and O–H groups in total. The van der Waals surface area contributed by atoms with Crippen LogP contribution in [0.1, 0.15) is 17.5 Å². The second kappa shape index (κ2) is 8.55. The first kappa shape index (κ1) is 19.4. The number of anilines is 2. The van der Waals surface area contributed by atoms with Crippen LogP contribution in [0.25, 0.3) is 0 Å². The van der Waals surface area contributed by atoms with E-state index in [0.29, 0.717) is 18.0 Å². The van der Waals surface area contributed by atoms with Gasteiger partial charge in [0.25, 0.3) is 5.91 Å². The Labute approximate surface area is 165 Å². The maximum atomic E-state index is 12.6. The molecule has 1 aromatic heterocycles.